The summed E-state index contributed by atoms with van der Waals surface area (Å²) in [5.74, 6) is -0.202. The van der Waals surface area contributed by atoms with E-state index in [1.165, 1.54) is 6.07 Å². The lowest BCUT2D eigenvalue weighted by Gasteiger charge is -2.23. The molecule has 0 spiro atoms. The largest absolute Gasteiger partial charge is 0.464 e. The second-order valence-corrected chi connectivity index (χ2v) is 15.4. The first-order chi connectivity index (χ1) is 15.9. The molecule has 3 aromatic rings. The molecule has 178 valence electrons. The van der Waals surface area contributed by atoms with E-state index in [4.69, 9.17) is 14.2 Å². The van der Waals surface area contributed by atoms with E-state index >= 15 is 0 Å². The molecule has 0 radical (unpaired) electrons. The predicted octanol–water partition coefficient (Wildman–Crippen LogP) is 6.19. The van der Waals surface area contributed by atoms with Crippen LogP contribution in [0.4, 0.5) is 4.39 Å². The van der Waals surface area contributed by atoms with Gasteiger partial charge in [-0.15, -0.1) is 0 Å². The van der Waals surface area contributed by atoms with Crippen LogP contribution in [0.15, 0.2) is 30.6 Å². The maximum Gasteiger partial charge on any atom is 0.189 e. The normalized spacial score (nSPS) is 16.9. The van der Waals surface area contributed by atoms with Crippen molar-refractivity contribution in [3.05, 3.63) is 42.0 Å². The zero-order valence-electron chi connectivity index (χ0n) is 20.1. The summed E-state index contributed by atoms with van der Waals surface area (Å²) in [7, 11) is -1.16. The summed E-state index contributed by atoms with van der Waals surface area (Å²) < 4.78 is 34.0. The molecule has 3 heterocycles. The average Bonchev–Trinajstić information content (AvgIpc) is 3.22. The molecule has 0 saturated carbocycles. The van der Waals surface area contributed by atoms with Gasteiger partial charge in [-0.05, 0) is 55.5 Å². The molecular formula is C25H34FN3O3Si. The molecule has 1 aliphatic heterocycles. The van der Waals surface area contributed by atoms with Crippen molar-refractivity contribution in [1.82, 2.24) is 14.8 Å². The lowest BCUT2D eigenvalue weighted by molar-refractivity contribution is -0.0366. The molecule has 8 heteroatoms. The van der Waals surface area contributed by atoms with Crippen LogP contribution < -0.4 is 4.74 Å². The number of nitrogens with zero attached hydrogens (tertiary/aromatic N) is 3. The third-order valence-corrected chi connectivity index (χ3v) is 7.72. The number of aryl methyl sites for hydroxylation is 1. The molecule has 4 rings (SSSR count). The quantitative estimate of drug-likeness (QED) is 0.212. The molecule has 6 nitrogen and oxygen atoms in total. The Kier molecular flexibility index (Phi) is 7.46. The van der Waals surface area contributed by atoms with Crippen molar-refractivity contribution < 1.29 is 18.6 Å². The average molecular weight is 472 g/mol. The smallest absolute Gasteiger partial charge is 0.189 e. The minimum Gasteiger partial charge on any atom is -0.464 e. The number of benzene rings is 1. The molecule has 1 aliphatic rings. The number of aromatic nitrogens is 3. The van der Waals surface area contributed by atoms with Crippen LogP contribution >= 0.6 is 0 Å². The Labute approximate surface area is 196 Å². The van der Waals surface area contributed by atoms with E-state index in [1.54, 1.807) is 12.3 Å². The predicted molar refractivity (Wildman–Crippen MR) is 131 cm³/mol. The van der Waals surface area contributed by atoms with Gasteiger partial charge >= 0.3 is 0 Å². The van der Waals surface area contributed by atoms with E-state index < -0.39 is 13.9 Å². The lowest BCUT2D eigenvalue weighted by Crippen LogP contribution is -2.22. The van der Waals surface area contributed by atoms with Gasteiger partial charge in [0.2, 0.25) is 0 Å². The summed E-state index contributed by atoms with van der Waals surface area (Å²) in [6.45, 7) is 10.4. The van der Waals surface area contributed by atoms with Crippen LogP contribution in [0.1, 0.15) is 38.0 Å². The molecule has 1 unspecified atom stereocenters. The number of hydrogen-bond donors (Lipinski definition) is 0. The first-order valence-corrected chi connectivity index (χ1v) is 15.5. The standard InChI is InChI=1S/C25H34FN3O3Si/c1-5-18-12-24(32-17-30-10-11-33(2,3)4)21(26)13-20(18)22-14-23-19(15-27-22)16-28-29(23)25-8-6-7-9-31-25/h12-16,25H,5-11,17H2,1-4H3. The summed E-state index contributed by atoms with van der Waals surface area (Å²) in [5.41, 5.74) is 3.40. The van der Waals surface area contributed by atoms with Gasteiger partial charge in [0, 0.05) is 38.4 Å². The second kappa shape index (κ2) is 10.3. The molecule has 0 amide bonds. The van der Waals surface area contributed by atoms with Crippen LogP contribution in [0, 0.1) is 5.82 Å². The van der Waals surface area contributed by atoms with Crippen molar-refractivity contribution in [1.29, 1.82) is 0 Å². The van der Waals surface area contributed by atoms with Gasteiger partial charge in [-0.25, -0.2) is 9.07 Å². The Morgan fingerprint density at radius 2 is 2.03 bits per heavy atom. The highest BCUT2D eigenvalue weighted by Crippen LogP contribution is 2.32. The Bertz CT molecular complexity index is 1090. The fourth-order valence-corrected chi connectivity index (χ4v) is 4.77. The molecule has 1 saturated heterocycles. The Morgan fingerprint density at radius 1 is 1.18 bits per heavy atom. The van der Waals surface area contributed by atoms with Crippen molar-refractivity contribution in [2.75, 3.05) is 20.0 Å². The van der Waals surface area contributed by atoms with Crippen LogP contribution in [-0.2, 0) is 15.9 Å². The molecule has 0 N–H and O–H groups in total. The number of ether oxygens (including phenoxy) is 3. The Hall–Kier alpha value is -2.29. The number of pyridine rings is 1. The van der Waals surface area contributed by atoms with Gasteiger partial charge < -0.3 is 14.2 Å². The molecule has 0 aliphatic carbocycles. The van der Waals surface area contributed by atoms with Gasteiger partial charge in [0.15, 0.2) is 24.6 Å². The lowest BCUT2D eigenvalue weighted by atomic mass is 10.0. The fourth-order valence-electron chi connectivity index (χ4n) is 4.01. The van der Waals surface area contributed by atoms with Gasteiger partial charge in [-0.2, -0.15) is 5.10 Å². The van der Waals surface area contributed by atoms with E-state index in [-0.39, 0.29) is 18.8 Å². The van der Waals surface area contributed by atoms with Gasteiger partial charge in [0.1, 0.15) is 0 Å². The van der Waals surface area contributed by atoms with Crippen molar-refractivity contribution >= 4 is 19.0 Å². The topological polar surface area (TPSA) is 58.4 Å². The van der Waals surface area contributed by atoms with Crippen molar-refractivity contribution in [2.45, 2.75) is 64.5 Å². The van der Waals surface area contributed by atoms with E-state index in [9.17, 15) is 4.39 Å². The molecule has 1 aromatic carbocycles. The second-order valence-electron chi connectivity index (χ2n) is 9.81. The van der Waals surface area contributed by atoms with E-state index in [1.807, 2.05) is 23.9 Å². The first-order valence-electron chi connectivity index (χ1n) is 11.8. The highest BCUT2D eigenvalue weighted by Gasteiger charge is 2.20. The molecular weight excluding hydrogens is 437 g/mol. The molecule has 33 heavy (non-hydrogen) atoms. The SMILES string of the molecule is CCc1cc(OCOCC[Si](C)(C)C)c(F)cc1-c1cc2c(cn1)cnn2C1CCCCO1. The first kappa shape index (κ1) is 23.9. The maximum absolute atomic E-state index is 14.9. The zero-order chi connectivity index (χ0) is 23.4. The molecule has 0 bridgehead atoms. The number of fused-ring (bicyclic) bond motifs is 1. The third kappa shape index (κ3) is 5.80. The Morgan fingerprint density at radius 3 is 2.76 bits per heavy atom. The van der Waals surface area contributed by atoms with Crippen molar-refractivity contribution in [2.24, 2.45) is 0 Å². The highest BCUT2D eigenvalue weighted by molar-refractivity contribution is 6.76. The zero-order valence-corrected chi connectivity index (χ0v) is 21.1. The van der Waals surface area contributed by atoms with Crippen LogP contribution in [-0.4, -0.2) is 42.8 Å². The van der Waals surface area contributed by atoms with Gasteiger partial charge in [-0.3, -0.25) is 4.98 Å². The monoisotopic (exact) mass is 471 g/mol. The van der Waals surface area contributed by atoms with Crippen molar-refractivity contribution in [3.8, 4) is 17.0 Å². The summed E-state index contributed by atoms with van der Waals surface area (Å²) in [4.78, 5) is 4.60. The van der Waals surface area contributed by atoms with Gasteiger partial charge in [0.25, 0.3) is 0 Å². The third-order valence-electron chi connectivity index (χ3n) is 6.02. The summed E-state index contributed by atoms with van der Waals surface area (Å²) in [6.07, 6.45) is 7.42. The highest BCUT2D eigenvalue weighted by atomic mass is 28.3. The minimum absolute atomic E-state index is 0.0503. The molecule has 1 atom stereocenters. The van der Waals surface area contributed by atoms with E-state index in [0.29, 0.717) is 12.3 Å². The van der Waals surface area contributed by atoms with Crippen LogP contribution in [0.25, 0.3) is 22.2 Å². The molecule has 2 aromatic heterocycles. The fraction of sp³-hybridized carbons (Fsp3) is 0.520. The number of hydrogen-bond acceptors (Lipinski definition) is 5. The van der Waals surface area contributed by atoms with E-state index in [0.717, 1.165) is 60.4 Å². The minimum atomic E-state index is -1.16. The van der Waals surface area contributed by atoms with Crippen LogP contribution in [0.3, 0.4) is 0 Å². The van der Waals surface area contributed by atoms with Crippen LogP contribution in [0.5, 0.6) is 5.75 Å². The van der Waals surface area contributed by atoms with Crippen molar-refractivity contribution in [3.63, 3.8) is 0 Å². The maximum atomic E-state index is 14.9. The summed E-state index contributed by atoms with van der Waals surface area (Å²) in [5, 5.41) is 5.48. The van der Waals surface area contributed by atoms with E-state index in [2.05, 4.69) is 29.7 Å². The van der Waals surface area contributed by atoms with Gasteiger partial charge in [-0.1, -0.05) is 26.6 Å². The van der Waals surface area contributed by atoms with Gasteiger partial charge in [0.05, 0.1) is 17.4 Å². The Balaban J connectivity index is 1.55. The number of rotatable bonds is 9. The molecule has 1 fully saturated rings. The number of halogens is 1. The van der Waals surface area contributed by atoms with Crippen LogP contribution in [0.2, 0.25) is 25.7 Å². The summed E-state index contributed by atoms with van der Waals surface area (Å²) >= 11 is 0. The summed E-state index contributed by atoms with van der Waals surface area (Å²) in [6, 6.07) is 6.31.